The highest BCUT2D eigenvalue weighted by molar-refractivity contribution is 5.98. The molecule has 0 saturated carbocycles. The van der Waals surface area contributed by atoms with E-state index in [2.05, 4.69) is 15.0 Å². The van der Waals surface area contributed by atoms with E-state index in [1.807, 2.05) is 0 Å². The average molecular weight is 326 g/mol. The average Bonchev–Trinajstić information content (AvgIpc) is 3.05. The summed E-state index contributed by atoms with van der Waals surface area (Å²) in [4.78, 5) is 25.8. The van der Waals surface area contributed by atoms with Crippen LogP contribution in [0.4, 0.5) is 4.39 Å². The first-order valence-corrected chi connectivity index (χ1v) is 7.66. The fraction of sp³-hybridized carbons (Fsp3) is 0.235. The number of aromatic amines is 1. The van der Waals surface area contributed by atoms with Gasteiger partial charge >= 0.3 is 0 Å². The van der Waals surface area contributed by atoms with Gasteiger partial charge in [-0.2, -0.15) is 0 Å². The molecule has 1 aromatic carbocycles. The lowest BCUT2D eigenvalue weighted by Crippen LogP contribution is -2.42. The Bertz CT molecular complexity index is 881. The van der Waals surface area contributed by atoms with Gasteiger partial charge in [-0.1, -0.05) is 0 Å². The van der Waals surface area contributed by atoms with Crippen LogP contribution < -0.4 is 0 Å². The molecule has 1 aliphatic rings. The largest absolute Gasteiger partial charge is 0.368 e. The molecule has 0 aliphatic carbocycles. The Balaban J connectivity index is 1.56. The minimum Gasteiger partial charge on any atom is -0.368 e. The highest BCUT2D eigenvalue weighted by atomic mass is 19.1. The van der Waals surface area contributed by atoms with Gasteiger partial charge in [0.25, 0.3) is 5.91 Å². The third-order valence-electron chi connectivity index (χ3n) is 4.08. The van der Waals surface area contributed by atoms with Crippen molar-refractivity contribution in [1.29, 1.82) is 0 Å². The zero-order valence-corrected chi connectivity index (χ0v) is 12.8. The van der Waals surface area contributed by atoms with Crippen molar-refractivity contribution in [1.82, 2.24) is 19.9 Å². The molecular weight excluding hydrogens is 311 g/mol. The van der Waals surface area contributed by atoms with Crippen molar-refractivity contribution in [2.45, 2.75) is 6.10 Å². The van der Waals surface area contributed by atoms with Crippen molar-refractivity contribution in [2.24, 2.45) is 0 Å². The fourth-order valence-electron chi connectivity index (χ4n) is 2.88. The minimum atomic E-state index is -0.324. The minimum absolute atomic E-state index is 0.135. The molecule has 3 heterocycles. The maximum absolute atomic E-state index is 13.3. The van der Waals surface area contributed by atoms with E-state index < -0.39 is 0 Å². The van der Waals surface area contributed by atoms with Gasteiger partial charge in [0.1, 0.15) is 17.6 Å². The summed E-state index contributed by atoms with van der Waals surface area (Å²) in [6.07, 6.45) is 4.55. The number of ether oxygens (including phenoxy) is 1. The molecule has 3 aromatic rings. The molecule has 122 valence electrons. The normalized spacial score (nSPS) is 18.0. The van der Waals surface area contributed by atoms with Crippen molar-refractivity contribution in [3.8, 4) is 0 Å². The Morgan fingerprint density at radius 2 is 2.25 bits per heavy atom. The first kappa shape index (κ1) is 14.8. The first-order chi connectivity index (χ1) is 11.7. The van der Waals surface area contributed by atoms with Crippen LogP contribution in [0.25, 0.3) is 10.9 Å². The zero-order valence-electron chi connectivity index (χ0n) is 12.8. The number of carbonyl (C=O) groups excluding carboxylic acids is 1. The summed E-state index contributed by atoms with van der Waals surface area (Å²) >= 11 is 0. The highest BCUT2D eigenvalue weighted by Gasteiger charge is 2.27. The van der Waals surface area contributed by atoms with Crippen LogP contribution in [-0.2, 0) is 4.74 Å². The van der Waals surface area contributed by atoms with Gasteiger partial charge in [-0.3, -0.25) is 14.8 Å². The smallest absolute Gasteiger partial charge is 0.270 e. The van der Waals surface area contributed by atoms with Crippen LogP contribution in [0.2, 0.25) is 0 Å². The van der Waals surface area contributed by atoms with Gasteiger partial charge in [0.2, 0.25) is 0 Å². The van der Waals surface area contributed by atoms with Crippen LogP contribution >= 0.6 is 0 Å². The molecule has 2 aromatic heterocycles. The van der Waals surface area contributed by atoms with Gasteiger partial charge in [0.05, 0.1) is 25.0 Å². The predicted molar refractivity (Wildman–Crippen MR) is 84.9 cm³/mol. The standard InChI is InChI=1S/C17H15FN4O2/c18-12-1-2-13-11(7-12)8-14(21-13)17(23)22-5-6-24-16(10-22)15-9-19-3-4-20-15/h1-4,7-9,16,21H,5-6,10H2/t16-/m0/s1. The predicted octanol–water partition coefficient (Wildman–Crippen LogP) is 2.31. The number of hydrogen-bond acceptors (Lipinski definition) is 4. The van der Waals surface area contributed by atoms with E-state index in [0.29, 0.717) is 36.5 Å². The number of nitrogens with one attached hydrogen (secondary N) is 1. The second-order valence-corrected chi connectivity index (χ2v) is 5.66. The molecule has 0 radical (unpaired) electrons. The molecule has 6 nitrogen and oxygen atoms in total. The number of aromatic nitrogens is 3. The van der Waals surface area contributed by atoms with Crippen molar-refractivity contribution < 1.29 is 13.9 Å². The molecule has 1 fully saturated rings. The van der Waals surface area contributed by atoms with Gasteiger partial charge in [-0.15, -0.1) is 0 Å². The Labute approximate surface area is 137 Å². The van der Waals surface area contributed by atoms with E-state index in [1.165, 1.54) is 12.1 Å². The molecule has 1 aliphatic heterocycles. The number of halogens is 1. The van der Waals surface area contributed by atoms with Crippen LogP contribution in [0, 0.1) is 5.82 Å². The molecule has 1 amide bonds. The second-order valence-electron chi connectivity index (χ2n) is 5.66. The molecule has 4 rings (SSSR count). The number of H-pyrrole nitrogens is 1. The lowest BCUT2D eigenvalue weighted by molar-refractivity contribution is -0.0250. The van der Waals surface area contributed by atoms with E-state index in [9.17, 15) is 9.18 Å². The van der Waals surface area contributed by atoms with Gasteiger partial charge < -0.3 is 14.6 Å². The summed E-state index contributed by atoms with van der Waals surface area (Å²) in [5.41, 5.74) is 1.88. The lowest BCUT2D eigenvalue weighted by atomic mass is 10.2. The van der Waals surface area contributed by atoms with E-state index in [0.717, 1.165) is 5.52 Å². The Morgan fingerprint density at radius 3 is 3.08 bits per heavy atom. The van der Waals surface area contributed by atoms with Gasteiger partial charge in [0.15, 0.2) is 0 Å². The molecule has 7 heteroatoms. The molecule has 1 atom stereocenters. The second kappa shape index (κ2) is 6.01. The van der Waals surface area contributed by atoms with Crippen molar-refractivity contribution in [2.75, 3.05) is 19.7 Å². The number of benzene rings is 1. The molecule has 24 heavy (non-hydrogen) atoms. The van der Waals surface area contributed by atoms with Gasteiger partial charge in [-0.05, 0) is 24.3 Å². The van der Waals surface area contributed by atoms with Gasteiger partial charge in [0, 0.05) is 29.8 Å². The Kier molecular flexibility index (Phi) is 3.70. The number of carbonyl (C=O) groups is 1. The highest BCUT2D eigenvalue weighted by Crippen LogP contribution is 2.23. The number of fused-ring (bicyclic) bond motifs is 1. The van der Waals surface area contributed by atoms with Crippen LogP contribution in [0.1, 0.15) is 22.3 Å². The van der Waals surface area contributed by atoms with Crippen molar-refractivity contribution in [3.05, 3.63) is 60.1 Å². The molecular formula is C17H15FN4O2. The number of nitrogens with zero attached hydrogens (tertiary/aromatic N) is 3. The van der Waals surface area contributed by atoms with Crippen LogP contribution in [0.3, 0.4) is 0 Å². The van der Waals surface area contributed by atoms with E-state index in [1.54, 1.807) is 35.6 Å². The number of amides is 1. The van der Waals surface area contributed by atoms with Crippen molar-refractivity contribution in [3.63, 3.8) is 0 Å². The summed E-state index contributed by atoms with van der Waals surface area (Å²) in [5, 5.41) is 0.678. The van der Waals surface area contributed by atoms with E-state index in [4.69, 9.17) is 4.74 Å². The summed E-state index contributed by atoms with van der Waals surface area (Å²) in [7, 11) is 0. The van der Waals surface area contributed by atoms with Crippen LogP contribution in [-0.4, -0.2) is 45.5 Å². The molecule has 0 spiro atoms. The molecule has 1 saturated heterocycles. The third kappa shape index (κ3) is 2.74. The third-order valence-corrected chi connectivity index (χ3v) is 4.08. The van der Waals surface area contributed by atoms with Gasteiger partial charge in [-0.25, -0.2) is 4.39 Å². The number of morpholine rings is 1. The summed E-state index contributed by atoms with van der Waals surface area (Å²) in [5.74, 6) is -0.460. The number of rotatable bonds is 2. The van der Waals surface area contributed by atoms with E-state index in [-0.39, 0.29) is 17.8 Å². The van der Waals surface area contributed by atoms with E-state index >= 15 is 0 Å². The lowest BCUT2D eigenvalue weighted by Gasteiger charge is -2.32. The maximum Gasteiger partial charge on any atom is 0.270 e. The summed E-state index contributed by atoms with van der Waals surface area (Å²) in [6, 6.07) is 6.08. The fourth-order valence-corrected chi connectivity index (χ4v) is 2.88. The summed E-state index contributed by atoms with van der Waals surface area (Å²) in [6.45, 7) is 1.34. The Hall–Kier alpha value is -2.80. The molecule has 0 bridgehead atoms. The summed E-state index contributed by atoms with van der Waals surface area (Å²) < 4.78 is 19.0. The van der Waals surface area contributed by atoms with Crippen LogP contribution in [0.15, 0.2) is 42.9 Å². The monoisotopic (exact) mass is 326 g/mol. The first-order valence-electron chi connectivity index (χ1n) is 7.66. The topological polar surface area (TPSA) is 71.1 Å². The van der Waals surface area contributed by atoms with Crippen molar-refractivity contribution >= 4 is 16.8 Å². The number of hydrogen-bond donors (Lipinski definition) is 1. The SMILES string of the molecule is O=C(c1cc2cc(F)ccc2[nH]1)N1CCO[C@H](c2cnccn2)C1. The quantitative estimate of drug-likeness (QED) is 0.784. The molecule has 1 N–H and O–H groups in total. The Morgan fingerprint density at radius 1 is 1.33 bits per heavy atom. The zero-order chi connectivity index (χ0) is 16.5. The maximum atomic E-state index is 13.3. The van der Waals surface area contributed by atoms with Crippen LogP contribution in [0.5, 0.6) is 0 Å². The molecule has 0 unspecified atom stereocenters.